The summed E-state index contributed by atoms with van der Waals surface area (Å²) in [5, 5.41) is 11.3. The molecule has 0 aromatic carbocycles. The van der Waals surface area contributed by atoms with E-state index in [4.69, 9.17) is 14.0 Å². The minimum Gasteiger partial charge on any atom is -0.495 e. The van der Waals surface area contributed by atoms with Gasteiger partial charge in [0.05, 0.1) is 25.6 Å². The predicted octanol–water partition coefficient (Wildman–Crippen LogP) is 2.58. The van der Waals surface area contributed by atoms with E-state index in [0.29, 0.717) is 36.6 Å². The number of aromatic nitrogens is 4. The van der Waals surface area contributed by atoms with Gasteiger partial charge in [0, 0.05) is 42.8 Å². The Bertz CT molecular complexity index is 1070. The van der Waals surface area contributed by atoms with Crippen molar-refractivity contribution in [2.75, 3.05) is 19.0 Å². The Morgan fingerprint density at radius 3 is 2.83 bits per heavy atom. The van der Waals surface area contributed by atoms with Crippen LogP contribution in [0.2, 0.25) is 0 Å². The summed E-state index contributed by atoms with van der Waals surface area (Å²) in [5.74, 6) is 2.64. The molecule has 0 radical (unpaired) electrons. The average molecular weight is 411 g/mol. The maximum atomic E-state index is 12.4. The number of aryl methyl sites for hydroxylation is 3. The van der Waals surface area contributed by atoms with Crippen LogP contribution in [-0.2, 0) is 13.6 Å². The normalized spacial score (nSPS) is 17.6. The quantitative estimate of drug-likeness (QED) is 0.603. The van der Waals surface area contributed by atoms with E-state index in [0.717, 1.165) is 34.9 Å². The van der Waals surface area contributed by atoms with Gasteiger partial charge < -0.3 is 19.3 Å². The zero-order chi connectivity index (χ0) is 21.3. The molecule has 1 saturated carbocycles. The Balaban J connectivity index is 1.38. The molecule has 9 heteroatoms. The molecular weight excluding hydrogens is 386 g/mol. The summed E-state index contributed by atoms with van der Waals surface area (Å²) in [4.78, 5) is 16.9. The molecule has 4 rings (SSSR count). The molecule has 0 saturated heterocycles. The fourth-order valence-electron chi connectivity index (χ4n) is 3.43. The molecule has 0 unspecified atom stereocenters. The molecule has 0 bridgehead atoms. The number of hydrogen-bond acceptors (Lipinski definition) is 8. The van der Waals surface area contributed by atoms with Crippen LogP contribution in [0.4, 0.5) is 5.69 Å². The van der Waals surface area contributed by atoms with Crippen molar-refractivity contribution in [1.29, 1.82) is 0 Å². The molecule has 0 amide bonds. The van der Waals surface area contributed by atoms with Crippen molar-refractivity contribution >= 4 is 5.69 Å². The highest BCUT2D eigenvalue weighted by Crippen LogP contribution is 2.46. The van der Waals surface area contributed by atoms with Gasteiger partial charge in [0.1, 0.15) is 17.2 Å². The van der Waals surface area contributed by atoms with E-state index in [2.05, 4.69) is 20.6 Å². The van der Waals surface area contributed by atoms with Gasteiger partial charge in [-0.15, -0.1) is 5.10 Å². The number of ether oxygens (including phenoxy) is 2. The summed E-state index contributed by atoms with van der Waals surface area (Å²) in [6.45, 7) is 4.68. The van der Waals surface area contributed by atoms with E-state index < -0.39 is 0 Å². The first kappa shape index (κ1) is 19.9. The predicted molar refractivity (Wildman–Crippen MR) is 110 cm³/mol. The first-order chi connectivity index (χ1) is 14.5. The fourth-order valence-corrected chi connectivity index (χ4v) is 3.43. The van der Waals surface area contributed by atoms with Crippen LogP contribution in [0.5, 0.6) is 11.6 Å². The van der Waals surface area contributed by atoms with Gasteiger partial charge in [0.25, 0.3) is 5.56 Å². The van der Waals surface area contributed by atoms with Crippen molar-refractivity contribution in [3.8, 4) is 11.6 Å². The maximum Gasteiger partial charge on any atom is 0.290 e. The summed E-state index contributed by atoms with van der Waals surface area (Å²) in [5.41, 5.74) is 2.98. The monoisotopic (exact) mass is 411 g/mol. The molecule has 158 valence electrons. The van der Waals surface area contributed by atoms with Gasteiger partial charge in [-0.3, -0.25) is 9.78 Å². The Hall–Kier alpha value is -3.36. The Kier molecular flexibility index (Phi) is 5.43. The van der Waals surface area contributed by atoms with Crippen LogP contribution in [0, 0.1) is 19.8 Å². The summed E-state index contributed by atoms with van der Waals surface area (Å²) in [7, 11) is 3.24. The molecule has 1 fully saturated rings. The molecule has 30 heavy (non-hydrogen) atoms. The standard InChI is InChI=1S/C21H25N5O4/c1-12-17(13(2)30-25-12)10-23-19-8-20(24-26(3)21(19)27)29-11-14-7-16(14)18-6-5-15(28-4)9-22-18/h5-6,8-9,14,16,23H,7,10-11H2,1-4H3/t14-,16+/m1/s1. The Morgan fingerprint density at radius 2 is 2.17 bits per heavy atom. The maximum absolute atomic E-state index is 12.4. The molecule has 3 aromatic heterocycles. The van der Waals surface area contributed by atoms with Crippen LogP contribution in [0.3, 0.4) is 0 Å². The van der Waals surface area contributed by atoms with Gasteiger partial charge in [-0.25, -0.2) is 4.68 Å². The lowest BCUT2D eigenvalue weighted by molar-refractivity contribution is 0.278. The number of rotatable bonds is 8. The molecule has 9 nitrogen and oxygen atoms in total. The number of nitrogens with zero attached hydrogens (tertiary/aromatic N) is 4. The molecular formula is C21H25N5O4. The lowest BCUT2D eigenvalue weighted by Gasteiger charge is -2.10. The topological polar surface area (TPSA) is 104 Å². The van der Waals surface area contributed by atoms with Crippen LogP contribution in [0.1, 0.15) is 35.1 Å². The highest BCUT2D eigenvalue weighted by Gasteiger charge is 2.40. The first-order valence-electron chi connectivity index (χ1n) is 9.83. The highest BCUT2D eigenvalue weighted by atomic mass is 16.5. The largest absolute Gasteiger partial charge is 0.495 e. The molecule has 2 atom stereocenters. The first-order valence-corrected chi connectivity index (χ1v) is 9.83. The summed E-state index contributed by atoms with van der Waals surface area (Å²) in [6, 6.07) is 5.55. The summed E-state index contributed by atoms with van der Waals surface area (Å²) < 4.78 is 17.5. The van der Waals surface area contributed by atoms with Gasteiger partial charge >= 0.3 is 0 Å². The summed E-state index contributed by atoms with van der Waals surface area (Å²) in [6.07, 6.45) is 2.75. The SMILES string of the molecule is COc1ccc([C@H]2C[C@@H]2COc2cc(NCc3c(C)noc3C)c(=O)n(C)n2)nc1. The van der Waals surface area contributed by atoms with Crippen LogP contribution >= 0.6 is 0 Å². The van der Waals surface area contributed by atoms with Crippen LogP contribution in [0.25, 0.3) is 0 Å². The third kappa shape index (κ3) is 4.14. The Labute approximate surface area is 174 Å². The van der Waals surface area contributed by atoms with Crippen LogP contribution in [0.15, 0.2) is 33.7 Å². The lowest BCUT2D eigenvalue weighted by Crippen LogP contribution is -2.24. The number of pyridine rings is 1. The van der Waals surface area contributed by atoms with Crippen molar-refractivity contribution < 1.29 is 14.0 Å². The third-order valence-corrected chi connectivity index (χ3v) is 5.42. The van der Waals surface area contributed by atoms with E-state index in [1.165, 1.54) is 4.68 Å². The average Bonchev–Trinajstić information content (AvgIpc) is 3.46. The van der Waals surface area contributed by atoms with Crippen molar-refractivity contribution in [2.45, 2.75) is 32.7 Å². The van der Waals surface area contributed by atoms with E-state index in [1.54, 1.807) is 26.4 Å². The van der Waals surface area contributed by atoms with Gasteiger partial charge in [0.15, 0.2) is 0 Å². The number of anilines is 1. The molecule has 1 N–H and O–H groups in total. The van der Waals surface area contributed by atoms with Gasteiger partial charge in [0.2, 0.25) is 5.88 Å². The van der Waals surface area contributed by atoms with E-state index >= 15 is 0 Å². The third-order valence-electron chi connectivity index (χ3n) is 5.42. The highest BCUT2D eigenvalue weighted by molar-refractivity contribution is 5.44. The van der Waals surface area contributed by atoms with E-state index in [9.17, 15) is 4.79 Å². The second-order valence-electron chi connectivity index (χ2n) is 7.52. The van der Waals surface area contributed by atoms with Crippen LogP contribution < -0.4 is 20.3 Å². The number of nitrogens with one attached hydrogen (secondary N) is 1. The van der Waals surface area contributed by atoms with Crippen molar-refractivity contribution in [3.05, 3.63) is 57.5 Å². The second kappa shape index (κ2) is 8.17. The van der Waals surface area contributed by atoms with Gasteiger partial charge in [-0.05, 0) is 32.4 Å². The van der Waals surface area contributed by atoms with Gasteiger partial charge in [-0.2, -0.15) is 0 Å². The molecule has 3 aromatic rings. The van der Waals surface area contributed by atoms with Crippen molar-refractivity contribution in [3.63, 3.8) is 0 Å². The van der Waals surface area contributed by atoms with E-state index in [1.807, 2.05) is 26.0 Å². The minimum absolute atomic E-state index is 0.221. The molecule has 0 aliphatic heterocycles. The van der Waals surface area contributed by atoms with E-state index in [-0.39, 0.29) is 5.56 Å². The molecule has 0 spiro atoms. The van der Waals surface area contributed by atoms with Crippen molar-refractivity contribution in [2.24, 2.45) is 13.0 Å². The minimum atomic E-state index is -0.221. The lowest BCUT2D eigenvalue weighted by atomic mass is 10.2. The molecule has 3 heterocycles. The smallest absolute Gasteiger partial charge is 0.290 e. The van der Waals surface area contributed by atoms with Crippen molar-refractivity contribution in [1.82, 2.24) is 19.9 Å². The fraction of sp³-hybridized carbons (Fsp3) is 0.429. The number of methoxy groups -OCH3 is 1. The zero-order valence-electron chi connectivity index (χ0n) is 17.5. The summed E-state index contributed by atoms with van der Waals surface area (Å²) >= 11 is 0. The number of hydrogen-bond donors (Lipinski definition) is 1. The zero-order valence-corrected chi connectivity index (χ0v) is 17.5. The second-order valence-corrected chi connectivity index (χ2v) is 7.52. The Morgan fingerprint density at radius 1 is 1.33 bits per heavy atom. The van der Waals surface area contributed by atoms with Gasteiger partial charge in [-0.1, -0.05) is 5.16 Å². The molecule has 1 aliphatic rings. The molecule has 1 aliphatic carbocycles. The van der Waals surface area contributed by atoms with Crippen LogP contribution in [-0.4, -0.2) is 33.6 Å².